The van der Waals surface area contributed by atoms with Crippen LogP contribution in [0.2, 0.25) is 0 Å². The summed E-state index contributed by atoms with van der Waals surface area (Å²) in [6, 6.07) is 14.4. The summed E-state index contributed by atoms with van der Waals surface area (Å²) in [5.41, 5.74) is 3.51. The Balaban J connectivity index is 1.58. The van der Waals surface area contributed by atoms with Gasteiger partial charge in [0.25, 0.3) is 0 Å². The van der Waals surface area contributed by atoms with Gasteiger partial charge in [-0.05, 0) is 56.0 Å². The zero-order chi connectivity index (χ0) is 20.1. The Hall–Kier alpha value is -2.53. The Labute approximate surface area is 167 Å². The lowest BCUT2D eigenvalue weighted by Crippen LogP contribution is -2.37. The maximum atomic E-state index is 12.7. The normalized spacial score (nSPS) is 14.6. The summed E-state index contributed by atoms with van der Waals surface area (Å²) in [5.74, 6) is 2.02. The fourth-order valence-electron chi connectivity index (χ4n) is 3.49. The van der Waals surface area contributed by atoms with Crippen molar-refractivity contribution in [3.63, 3.8) is 0 Å². The van der Waals surface area contributed by atoms with Gasteiger partial charge in [-0.1, -0.05) is 35.9 Å². The highest BCUT2D eigenvalue weighted by Gasteiger charge is 2.33. The van der Waals surface area contributed by atoms with Gasteiger partial charge in [0.1, 0.15) is 0 Å². The molecule has 0 spiro atoms. The van der Waals surface area contributed by atoms with Crippen LogP contribution in [0.1, 0.15) is 35.6 Å². The molecule has 1 unspecified atom stereocenters. The van der Waals surface area contributed by atoms with Crippen LogP contribution in [0.5, 0.6) is 11.5 Å². The first-order valence-corrected chi connectivity index (χ1v) is 9.75. The van der Waals surface area contributed by atoms with Gasteiger partial charge >= 0.3 is 0 Å². The summed E-state index contributed by atoms with van der Waals surface area (Å²) in [5, 5.41) is 3.25. The number of nitrogens with zero attached hydrogens (tertiary/aromatic N) is 1. The number of ether oxygens (including phenoxy) is 2. The maximum Gasteiger partial charge on any atom is 0.234 e. The van der Waals surface area contributed by atoms with Crippen molar-refractivity contribution in [1.29, 1.82) is 0 Å². The SMILES string of the molecule is COc1ccc(CN(C)CC(=O)NC(c2ccc(C)cc2)C2CC2)cc1OC. The molecule has 3 rings (SSSR count). The molecular formula is C23H30N2O3. The van der Waals surface area contributed by atoms with Crippen molar-refractivity contribution in [2.45, 2.75) is 32.4 Å². The summed E-state index contributed by atoms with van der Waals surface area (Å²) < 4.78 is 10.6. The second-order valence-corrected chi connectivity index (χ2v) is 7.65. The zero-order valence-electron chi connectivity index (χ0n) is 17.2. The molecular weight excluding hydrogens is 352 g/mol. The van der Waals surface area contributed by atoms with E-state index in [2.05, 4.69) is 36.5 Å². The number of methoxy groups -OCH3 is 2. The number of carbonyl (C=O) groups excluding carboxylic acids is 1. The van der Waals surface area contributed by atoms with Gasteiger partial charge in [-0.3, -0.25) is 9.69 Å². The Morgan fingerprint density at radius 2 is 1.79 bits per heavy atom. The Morgan fingerprint density at radius 3 is 2.39 bits per heavy atom. The molecule has 0 bridgehead atoms. The third kappa shape index (κ3) is 5.26. The van der Waals surface area contributed by atoms with Gasteiger partial charge in [0.15, 0.2) is 11.5 Å². The first kappa shape index (κ1) is 20.2. The Kier molecular flexibility index (Phi) is 6.57. The molecule has 2 aromatic carbocycles. The smallest absolute Gasteiger partial charge is 0.234 e. The molecule has 5 nitrogen and oxygen atoms in total. The summed E-state index contributed by atoms with van der Waals surface area (Å²) in [7, 11) is 5.20. The average molecular weight is 383 g/mol. The molecule has 0 aliphatic heterocycles. The van der Waals surface area contributed by atoms with E-state index in [1.165, 1.54) is 24.0 Å². The maximum absolute atomic E-state index is 12.7. The van der Waals surface area contributed by atoms with E-state index in [9.17, 15) is 4.79 Å². The molecule has 2 aromatic rings. The van der Waals surface area contributed by atoms with Crippen LogP contribution in [0.3, 0.4) is 0 Å². The molecule has 0 saturated heterocycles. The van der Waals surface area contributed by atoms with Crippen molar-refractivity contribution in [3.8, 4) is 11.5 Å². The van der Waals surface area contributed by atoms with E-state index in [1.807, 2.05) is 30.1 Å². The quantitative estimate of drug-likeness (QED) is 0.718. The monoisotopic (exact) mass is 382 g/mol. The second kappa shape index (κ2) is 9.11. The summed E-state index contributed by atoms with van der Waals surface area (Å²) in [4.78, 5) is 14.7. The number of hydrogen-bond acceptors (Lipinski definition) is 4. The van der Waals surface area contributed by atoms with Crippen molar-refractivity contribution >= 4 is 5.91 Å². The molecule has 150 valence electrons. The van der Waals surface area contributed by atoms with Crippen molar-refractivity contribution in [2.75, 3.05) is 27.8 Å². The average Bonchev–Trinajstić information content (AvgIpc) is 3.51. The summed E-state index contributed by atoms with van der Waals surface area (Å²) in [6.45, 7) is 3.09. The fraction of sp³-hybridized carbons (Fsp3) is 0.435. The van der Waals surface area contributed by atoms with Crippen LogP contribution in [0.25, 0.3) is 0 Å². The van der Waals surface area contributed by atoms with E-state index >= 15 is 0 Å². The van der Waals surface area contributed by atoms with Crippen LogP contribution in [0.4, 0.5) is 0 Å². The molecule has 1 N–H and O–H groups in total. The van der Waals surface area contributed by atoms with Gasteiger partial charge in [0.2, 0.25) is 5.91 Å². The van der Waals surface area contributed by atoms with Crippen LogP contribution in [0, 0.1) is 12.8 Å². The molecule has 1 saturated carbocycles. The van der Waals surface area contributed by atoms with Gasteiger partial charge in [0.05, 0.1) is 26.8 Å². The molecule has 1 aliphatic rings. The predicted octanol–water partition coefficient (Wildman–Crippen LogP) is 3.71. The Morgan fingerprint density at radius 1 is 1.11 bits per heavy atom. The number of likely N-dealkylation sites (N-methyl/N-ethyl adjacent to an activating group) is 1. The van der Waals surface area contributed by atoms with Gasteiger partial charge in [-0.25, -0.2) is 0 Å². The number of aryl methyl sites for hydroxylation is 1. The molecule has 0 heterocycles. The van der Waals surface area contributed by atoms with E-state index in [1.54, 1.807) is 14.2 Å². The van der Waals surface area contributed by atoms with Crippen LogP contribution >= 0.6 is 0 Å². The molecule has 28 heavy (non-hydrogen) atoms. The van der Waals surface area contributed by atoms with Crippen molar-refractivity contribution in [1.82, 2.24) is 10.2 Å². The third-order valence-corrected chi connectivity index (χ3v) is 5.16. The van der Waals surface area contributed by atoms with Crippen molar-refractivity contribution in [2.24, 2.45) is 5.92 Å². The largest absolute Gasteiger partial charge is 0.493 e. The van der Waals surface area contributed by atoms with E-state index in [-0.39, 0.29) is 11.9 Å². The summed E-state index contributed by atoms with van der Waals surface area (Å²) >= 11 is 0. The minimum Gasteiger partial charge on any atom is -0.493 e. The zero-order valence-corrected chi connectivity index (χ0v) is 17.2. The minimum atomic E-state index is 0.0560. The van der Waals surface area contributed by atoms with Crippen LogP contribution < -0.4 is 14.8 Å². The lowest BCUT2D eigenvalue weighted by Gasteiger charge is -2.22. The predicted molar refractivity (Wildman–Crippen MR) is 111 cm³/mol. The summed E-state index contributed by atoms with van der Waals surface area (Å²) in [6.07, 6.45) is 2.36. The lowest BCUT2D eigenvalue weighted by atomic mass is 10.0. The van der Waals surface area contributed by atoms with E-state index in [0.29, 0.717) is 30.5 Å². The first-order valence-electron chi connectivity index (χ1n) is 9.75. The van der Waals surface area contributed by atoms with Crippen molar-refractivity contribution in [3.05, 3.63) is 59.2 Å². The number of benzene rings is 2. The third-order valence-electron chi connectivity index (χ3n) is 5.16. The molecule has 1 fully saturated rings. The van der Waals surface area contributed by atoms with Crippen LogP contribution in [0.15, 0.2) is 42.5 Å². The highest BCUT2D eigenvalue weighted by Crippen LogP contribution is 2.41. The van der Waals surface area contributed by atoms with Gasteiger partial charge in [-0.15, -0.1) is 0 Å². The van der Waals surface area contributed by atoms with Gasteiger partial charge in [-0.2, -0.15) is 0 Å². The molecule has 5 heteroatoms. The molecule has 1 amide bonds. The molecule has 1 aliphatic carbocycles. The lowest BCUT2D eigenvalue weighted by molar-refractivity contribution is -0.123. The second-order valence-electron chi connectivity index (χ2n) is 7.65. The number of nitrogens with one attached hydrogen (secondary N) is 1. The van der Waals surface area contributed by atoms with Gasteiger partial charge in [0, 0.05) is 6.54 Å². The van der Waals surface area contributed by atoms with Crippen molar-refractivity contribution < 1.29 is 14.3 Å². The van der Waals surface area contributed by atoms with Gasteiger partial charge < -0.3 is 14.8 Å². The molecule has 0 aromatic heterocycles. The van der Waals surface area contributed by atoms with E-state index in [4.69, 9.17) is 9.47 Å². The molecule has 0 radical (unpaired) electrons. The van der Waals surface area contributed by atoms with E-state index < -0.39 is 0 Å². The highest BCUT2D eigenvalue weighted by atomic mass is 16.5. The Bertz CT molecular complexity index is 800. The highest BCUT2D eigenvalue weighted by molar-refractivity contribution is 5.78. The fourth-order valence-corrected chi connectivity index (χ4v) is 3.49. The minimum absolute atomic E-state index is 0.0560. The standard InChI is InChI=1S/C23H30N2O3/c1-16-5-8-18(9-6-16)23(19-10-11-19)24-22(26)15-25(2)14-17-7-12-20(27-3)21(13-17)28-4/h5-9,12-13,19,23H,10-11,14-15H2,1-4H3,(H,24,26). The van der Waals surface area contributed by atoms with Crippen LogP contribution in [-0.2, 0) is 11.3 Å². The van der Waals surface area contributed by atoms with E-state index in [0.717, 1.165) is 5.56 Å². The number of hydrogen-bond donors (Lipinski definition) is 1. The molecule has 1 atom stereocenters. The number of rotatable bonds is 9. The topological polar surface area (TPSA) is 50.8 Å². The number of carbonyl (C=O) groups is 1. The first-order chi connectivity index (χ1) is 13.5. The van der Waals surface area contributed by atoms with Crippen LogP contribution in [-0.4, -0.2) is 38.6 Å². The number of amides is 1.